The Kier molecular flexibility index (Phi) is 4.49. The smallest absolute Gasteiger partial charge is 0.329 e. The summed E-state index contributed by atoms with van der Waals surface area (Å²) >= 11 is 0. The molecule has 0 spiro atoms. The minimum Gasteiger partial charge on any atom is -0.480 e. The van der Waals surface area contributed by atoms with E-state index in [1.54, 1.807) is 0 Å². The molecule has 5 nitrogen and oxygen atoms in total. The van der Waals surface area contributed by atoms with Crippen LogP contribution in [0, 0.1) is 11.3 Å². The van der Waals surface area contributed by atoms with Crippen LogP contribution in [0.5, 0.6) is 0 Å². The molecule has 120 valence electrons. The van der Waals surface area contributed by atoms with Crippen molar-refractivity contribution in [1.82, 2.24) is 10.6 Å². The van der Waals surface area contributed by atoms with Crippen molar-refractivity contribution in [2.45, 2.75) is 77.3 Å². The Labute approximate surface area is 126 Å². The molecule has 5 heteroatoms. The summed E-state index contributed by atoms with van der Waals surface area (Å²) in [5.41, 5.74) is -0.992. The van der Waals surface area contributed by atoms with Crippen molar-refractivity contribution in [3.8, 4) is 0 Å². The lowest BCUT2D eigenvalue weighted by atomic mass is 9.77. The monoisotopic (exact) mass is 296 g/mol. The molecular weight excluding hydrogens is 268 g/mol. The molecule has 2 amide bonds. The van der Waals surface area contributed by atoms with Gasteiger partial charge in [-0.15, -0.1) is 0 Å². The fourth-order valence-corrected chi connectivity index (χ4v) is 3.65. The minimum atomic E-state index is -1.08. The SMILES string of the molecule is CC1CCC(NC(=O)NC2CCCC2(C)C)(C(=O)O)CC1. The van der Waals surface area contributed by atoms with Crippen molar-refractivity contribution in [3.05, 3.63) is 0 Å². The van der Waals surface area contributed by atoms with Gasteiger partial charge < -0.3 is 15.7 Å². The number of nitrogens with one attached hydrogen (secondary N) is 2. The van der Waals surface area contributed by atoms with Crippen LogP contribution in [0.4, 0.5) is 4.79 Å². The van der Waals surface area contributed by atoms with Gasteiger partial charge in [0, 0.05) is 6.04 Å². The molecule has 0 heterocycles. The summed E-state index contributed by atoms with van der Waals surface area (Å²) in [7, 11) is 0. The number of amides is 2. The molecule has 2 fully saturated rings. The van der Waals surface area contributed by atoms with Gasteiger partial charge in [0.05, 0.1) is 0 Å². The molecule has 0 aromatic carbocycles. The van der Waals surface area contributed by atoms with Crippen molar-refractivity contribution < 1.29 is 14.7 Å². The Morgan fingerprint density at radius 3 is 2.19 bits per heavy atom. The first-order valence-electron chi connectivity index (χ1n) is 8.07. The third-order valence-electron chi connectivity index (χ3n) is 5.45. The fraction of sp³-hybridized carbons (Fsp3) is 0.875. The molecule has 2 aliphatic rings. The molecule has 2 saturated carbocycles. The van der Waals surface area contributed by atoms with Crippen LogP contribution in [0.1, 0.15) is 65.7 Å². The van der Waals surface area contributed by atoms with E-state index in [1.165, 1.54) is 0 Å². The molecule has 21 heavy (non-hydrogen) atoms. The number of carboxylic acids is 1. The van der Waals surface area contributed by atoms with Crippen molar-refractivity contribution in [2.24, 2.45) is 11.3 Å². The predicted molar refractivity (Wildman–Crippen MR) is 81.1 cm³/mol. The Bertz CT molecular complexity index is 412. The average molecular weight is 296 g/mol. The van der Waals surface area contributed by atoms with Gasteiger partial charge in [-0.05, 0) is 49.9 Å². The Morgan fingerprint density at radius 2 is 1.71 bits per heavy atom. The van der Waals surface area contributed by atoms with Gasteiger partial charge in [0.25, 0.3) is 0 Å². The highest BCUT2D eigenvalue weighted by molar-refractivity contribution is 5.86. The van der Waals surface area contributed by atoms with E-state index in [0.29, 0.717) is 18.8 Å². The zero-order valence-electron chi connectivity index (χ0n) is 13.4. The third-order valence-corrected chi connectivity index (χ3v) is 5.45. The molecule has 0 bridgehead atoms. The van der Waals surface area contributed by atoms with Crippen molar-refractivity contribution in [1.29, 1.82) is 0 Å². The van der Waals surface area contributed by atoms with Crippen molar-refractivity contribution in [3.63, 3.8) is 0 Å². The van der Waals surface area contributed by atoms with E-state index in [9.17, 15) is 14.7 Å². The van der Waals surface area contributed by atoms with E-state index in [0.717, 1.165) is 32.1 Å². The molecule has 3 N–H and O–H groups in total. The maximum Gasteiger partial charge on any atom is 0.329 e. The van der Waals surface area contributed by atoms with Crippen LogP contribution in [0.2, 0.25) is 0 Å². The van der Waals surface area contributed by atoms with E-state index in [1.807, 2.05) is 0 Å². The number of hydrogen-bond acceptors (Lipinski definition) is 2. The standard InChI is InChI=1S/C16H28N2O3/c1-11-6-9-16(10-7-11,13(19)20)18-14(21)17-12-5-4-8-15(12,2)3/h11-12H,4-10H2,1-3H3,(H,19,20)(H2,17,18,21). The molecule has 0 aliphatic heterocycles. The second kappa shape index (κ2) is 5.85. The summed E-state index contributed by atoms with van der Waals surface area (Å²) < 4.78 is 0. The van der Waals surface area contributed by atoms with Crippen LogP contribution in [0.15, 0.2) is 0 Å². The topological polar surface area (TPSA) is 78.4 Å². The first kappa shape index (κ1) is 16.1. The van der Waals surface area contributed by atoms with E-state index in [4.69, 9.17) is 0 Å². The van der Waals surface area contributed by atoms with Gasteiger partial charge in [-0.3, -0.25) is 0 Å². The van der Waals surface area contributed by atoms with Crippen molar-refractivity contribution >= 4 is 12.0 Å². The predicted octanol–water partition coefficient (Wildman–Crippen LogP) is 2.90. The van der Waals surface area contributed by atoms with E-state index in [2.05, 4.69) is 31.4 Å². The molecule has 0 radical (unpaired) electrons. The molecule has 0 aromatic rings. The summed E-state index contributed by atoms with van der Waals surface area (Å²) in [6, 6.07) is -0.196. The van der Waals surface area contributed by atoms with Crippen LogP contribution in [0.3, 0.4) is 0 Å². The maximum atomic E-state index is 12.3. The van der Waals surface area contributed by atoms with Crippen LogP contribution in [-0.2, 0) is 4.79 Å². The highest BCUT2D eigenvalue weighted by Crippen LogP contribution is 2.37. The Morgan fingerprint density at radius 1 is 1.10 bits per heavy atom. The van der Waals surface area contributed by atoms with Gasteiger partial charge in [0.2, 0.25) is 0 Å². The number of carbonyl (C=O) groups excluding carboxylic acids is 1. The number of carboxylic acid groups (broad SMARTS) is 1. The highest BCUT2D eigenvalue weighted by atomic mass is 16.4. The zero-order valence-corrected chi connectivity index (χ0v) is 13.4. The van der Waals surface area contributed by atoms with Crippen LogP contribution in [-0.4, -0.2) is 28.7 Å². The summed E-state index contributed by atoms with van der Waals surface area (Å²) in [6.07, 6.45) is 5.91. The second-order valence-electron chi connectivity index (χ2n) is 7.60. The quantitative estimate of drug-likeness (QED) is 0.749. The van der Waals surface area contributed by atoms with Crippen LogP contribution in [0.25, 0.3) is 0 Å². The number of rotatable bonds is 3. The normalized spacial score (nSPS) is 35.2. The lowest BCUT2D eigenvalue weighted by Gasteiger charge is -2.37. The third kappa shape index (κ3) is 3.50. The number of aliphatic carboxylic acids is 1. The van der Waals surface area contributed by atoms with Crippen LogP contribution >= 0.6 is 0 Å². The summed E-state index contributed by atoms with van der Waals surface area (Å²) in [5, 5.41) is 15.3. The Balaban J connectivity index is 1.98. The largest absolute Gasteiger partial charge is 0.480 e. The summed E-state index contributed by atoms with van der Waals surface area (Å²) in [6.45, 7) is 6.44. The van der Waals surface area contributed by atoms with Gasteiger partial charge in [0.1, 0.15) is 5.54 Å². The maximum absolute atomic E-state index is 12.3. The van der Waals surface area contributed by atoms with E-state index >= 15 is 0 Å². The van der Waals surface area contributed by atoms with Crippen LogP contribution < -0.4 is 10.6 Å². The van der Waals surface area contributed by atoms with Gasteiger partial charge >= 0.3 is 12.0 Å². The minimum absolute atomic E-state index is 0.0921. The fourth-order valence-electron chi connectivity index (χ4n) is 3.65. The number of hydrogen-bond donors (Lipinski definition) is 3. The molecule has 0 aromatic heterocycles. The summed E-state index contributed by atoms with van der Waals surface area (Å²) in [4.78, 5) is 23.9. The lowest BCUT2D eigenvalue weighted by Crippen LogP contribution is -2.60. The molecule has 2 aliphatic carbocycles. The van der Waals surface area contributed by atoms with Crippen molar-refractivity contribution in [2.75, 3.05) is 0 Å². The second-order valence-corrected chi connectivity index (χ2v) is 7.60. The number of urea groups is 1. The van der Waals surface area contributed by atoms with E-state index in [-0.39, 0.29) is 17.5 Å². The molecular formula is C16H28N2O3. The average Bonchev–Trinajstić information content (AvgIpc) is 2.71. The summed E-state index contributed by atoms with van der Waals surface area (Å²) in [5.74, 6) is -0.369. The first-order chi connectivity index (χ1) is 9.75. The van der Waals surface area contributed by atoms with Gasteiger partial charge in [0.15, 0.2) is 0 Å². The van der Waals surface area contributed by atoms with Gasteiger partial charge in [-0.1, -0.05) is 27.2 Å². The molecule has 2 rings (SSSR count). The van der Waals surface area contributed by atoms with Gasteiger partial charge in [-0.25, -0.2) is 9.59 Å². The first-order valence-corrected chi connectivity index (χ1v) is 8.07. The number of carbonyl (C=O) groups is 2. The molecule has 1 unspecified atom stereocenters. The molecule has 1 atom stereocenters. The highest BCUT2D eigenvalue weighted by Gasteiger charge is 2.43. The lowest BCUT2D eigenvalue weighted by molar-refractivity contribution is -0.146. The van der Waals surface area contributed by atoms with Gasteiger partial charge in [-0.2, -0.15) is 0 Å². The van der Waals surface area contributed by atoms with E-state index < -0.39 is 11.5 Å². The molecule has 0 saturated heterocycles. The Hall–Kier alpha value is -1.26. The zero-order chi connectivity index (χ0) is 15.7.